The molecular formula is C25H33N3O3. The van der Waals surface area contributed by atoms with Crippen molar-refractivity contribution in [3.8, 4) is 5.75 Å². The van der Waals surface area contributed by atoms with Crippen molar-refractivity contribution in [1.82, 2.24) is 15.5 Å². The molecule has 6 heteroatoms. The Hall–Kier alpha value is -2.44. The minimum atomic E-state index is -0.331. The third-order valence-corrected chi connectivity index (χ3v) is 6.53. The van der Waals surface area contributed by atoms with E-state index in [1.165, 1.54) is 0 Å². The normalized spacial score (nSPS) is 18.9. The molecule has 0 saturated carbocycles. The molecular weight excluding hydrogens is 390 g/mol. The standard InChI is InChI=1S/C25H33N3O3/c1-17(2)28-13-9-22(10-14-28)31-23-6-5-19-15-21(4-3-20(19)16-23)25(30)27-24(29)18-7-11-26-12-8-18/h3-6,15-18,22,26H,7-14H2,1-2H3,(H,27,29,30). The van der Waals surface area contributed by atoms with Gasteiger partial charge in [-0.3, -0.25) is 14.9 Å². The molecule has 0 spiro atoms. The molecule has 31 heavy (non-hydrogen) atoms. The molecule has 2 N–H and O–H groups in total. The fourth-order valence-corrected chi connectivity index (χ4v) is 4.51. The molecule has 2 amide bonds. The topological polar surface area (TPSA) is 70.7 Å². The zero-order valence-corrected chi connectivity index (χ0v) is 18.5. The van der Waals surface area contributed by atoms with Crippen LogP contribution in [0.4, 0.5) is 0 Å². The number of carbonyl (C=O) groups excluding carboxylic acids is 2. The summed E-state index contributed by atoms with van der Waals surface area (Å²) in [6.07, 6.45) is 3.88. The van der Waals surface area contributed by atoms with Gasteiger partial charge >= 0.3 is 0 Å². The van der Waals surface area contributed by atoms with Gasteiger partial charge in [-0.1, -0.05) is 12.1 Å². The van der Waals surface area contributed by atoms with Gasteiger partial charge in [0.25, 0.3) is 5.91 Å². The van der Waals surface area contributed by atoms with Gasteiger partial charge in [0.2, 0.25) is 5.91 Å². The fourth-order valence-electron chi connectivity index (χ4n) is 4.51. The maximum atomic E-state index is 12.6. The molecule has 0 aliphatic carbocycles. The number of ether oxygens (including phenoxy) is 1. The minimum Gasteiger partial charge on any atom is -0.490 e. The van der Waals surface area contributed by atoms with E-state index in [4.69, 9.17) is 4.74 Å². The SMILES string of the molecule is CC(C)N1CCC(Oc2ccc3cc(C(=O)NC(=O)C4CCNCC4)ccc3c2)CC1. The Morgan fingerprint density at radius 3 is 2.39 bits per heavy atom. The monoisotopic (exact) mass is 423 g/mol. The molecule has 0 radical (unpaired) electrons. The van der Waals surface area contributed by atoms with E-state index >= 15 is 0 Å². The smallest absolute Gasteiger partial charge is 0.257 e. The van der Waals surface area contributed by atoms with E-state index in [1.54, 1.807) is 6.07 Å². The maximum absolute atomic E-state index is 12.6. The van der Waals surface area contributed by atoms with Gasteiger partial charge < -0.3 is 15.0 Å². The average Bonchev–Trinajstić information content (AvgIpc) is 2.79. The molecule has 166 valence electrons. The molecule has 2 saturated heterocycles. The number of likely N-dealkylation sites (tertiary alicyclic amines) is 1. The predicted octanol–water partition coefficient (Wildman–Crippen LogP) is 3.35. The van der Waals surface area contributed by atoms with Crippen LogP contribution in [0.1, 0.15) is 49.9 Å². The van der Waals surface area contributed by atoms with Gasteiger partial charge in [-0.15, -0.1) is 0 Å². The maximum Gasteiger partial charge on any atom is 0.257 e. The van der Waals surface area contributed by atoms with Gasteiger partial charge in [0, 0.05) is 30.6 Å². The van der Waals surface area contributed by atoms with E-state index in [2.05, 4.69) is 29.4 Å². The number of hydrogen-bond acceptors (Lipinski definition) is 5. The summed E-state index contributed by atoms with van der Waals surface area (Å²) in [6.45, 7) is 8.27. The number of rotatable bonds is 5. The van der Waals surface area contributed by atoms with E-state index in [1.807, 2.05) is 30.3 Å². The second kappa shape index (κ2) is 9.79. The lowest BCUT2D eigenvalue weighted by Gasteiger charge is -2.34. The van der Waals surface area contributed by atoms with Gasteiger partial charge in [-0.25, -0.2) is 0 Å². The van der Waals surface area contributed by atoms with Crippen LogP contribution in [0.2, 0.25) is 0 Å². The Balaban J connectivity index is 1.37. The lowest BCUT2D eigenvalue weighted by molar-refractivity contribution is -0.124. The van der Waals surface area contributed by atoms with E-state index in [0.717, 1.165) is 68.4 Å². The van der Waals surface area contributed by atoms with Crippen molar-refractivity contribution in [3.05, 3.63) is 42.0 Å². The number of hydrogen-bond donors (Lipinski definition) is 2. The number of nitrogens with zero attached hydrogens (tertiary/aromatic N) is 1. The molecule has 0 unspecified atom stereocenters. The van der Waals surface area contributed by atoms with Crippen molar-refractivity contribution >= 4 is 22.6 Å². The molecule has 2 aromatic carbocycles. The lowest BCUT2D eigenvalue weighted by Crippen LogP contribution is -2.41. The first-order valence-electron chi connectivity index (χ1n) is 11.5. The molecule has 2 aliphatic rings. The number of piperidine rings is 2. The first kappa shape index (κ1) is 21.8. The Kier molecular flexibility index (Phi) is 6.88. The van der Waals surface area contributed by atoms with Gasteiger partial charge in [-0.05, 0) is 87.7 Å². The highest BCUT2D eigenvalue weighted by Crippen LogP contribution is 2.25. The summed E-state index contributed by atoms with van der Waals surface area (Å²) < 4.78 is 6.23. The van der Waals surface area contributed by atoms with Crippen LogP contribution in [0.25, 0.3) is 10.8 Å². The van der Waals surface area contributed by atoms with Crippen molar-refractivity contribution in [2.45, 2.75) is 51.7 Å². The lowest BCUT2D eigenvalue weighted by atomic mass is 9.97. The van der Waals surface area contributed by atoms with Gasteiger partial charge in [0.1, 0.15) is 11.9 Å². The summed E-state index contributed by atoms with van der Waals surface area (Å²) in [5.74, 6) is 0.285. The van der Waals surface area contributed by atoms with Crippen molar-refractivity contribution in [3.63, 3.8) is 0 Å². The summed E-state index contributed by atoms with van der Waals surface area (Å²) in [4.78, 5) is 27.4. The van der Waals surface area contributed by atoms with Crippen LogP contribution in [-0.2, 0) is 4.79 Å². The molecule has 0 atom stereocenters. The Morgan fingerprint density at radius 2 is 1.68 bits per heavy atom. The van der Waals surface area contributed by atoms with E-state index in [-0.39, 0.29) is 23.8 Å². The molecule has 2 aromatic rings. The third-order valence-electron chi connectivity index (χ3n) is 6.53. The first-order chi connectivity index (χ1) is 15.0. The quantitative estimate of drug-likeness (QED) is 0.722. The summed E-state index contributed by atoms with van der Waals surface area (Å²) in [7, 11) is 0. The summed E-state index contributed by atoms with van der Waals surface area (Å²) in [5, 5.41) is 7.80. The summed E-state index contributed by atoms with van der Waals surface area (Å²) in [6, 6.07) is 12.1. The van der Waals surface area contributed by atoms with Crippen molar-refractivity contribution < 1.29 is 14.3 Å². The van der Waals surface area contributed by atoms with E-state index in [9.17, 15) is 9.59 Å². The summed E-state index contributed by atoms with van der Waals surface area (Å²) >= 11 is 0. The second-order valence-electron chi connectivity index (χ2n) is 9.01. The highest BCUT2D eigenvalue weighted by molar-refractivity contribution is 6.07. The van der Waals surface area contributed by atoms with Gasteiger partial charge in [-0.2, -0.15) is 0 Å². The Morgan fingerprint density at radius 1 is 1.00 bits per heavy atom. The van der Waals surface area contributed by atoms with Crippen LogP contribution < -0.4 is 15.4 Å². The minimum absolute atomic E-state index is 0.0854. The van der Waals surface area contributed by atoms with Gasteiger partial charge in [0.15, 0.2) is 0 Å². The molecule has 2 aliphatic heterocycles. The molecule has 4 rings (SSSR count). The number of benzene rings is 2. The summed E-state index contributed by atoms with van der Waals surface area (Å²) in [5.41, 5.74) is 0.504. The molecule has 2 fully saturated rings. The Labute approximate surface area is 184 Å². The fraction of sp³-hybridized carbons (Fsp3) is 0.520. The van der Waals surface area contributed by atoms with Crippen LogP contribution in [0, 0.1) is 5.92 Å². The van der Waals surface area contributed by atoms with Crippen LogP contribution in [0.5, 0.6) is 5.75 Å². The number of fused-ring (bicyclic) bond motifs is 1. The highest BCUT2D eigenvalue weighted by atomic mass is 16.5. The molecule has 2 heterocycles. The number of nitrogens with one attached hydrogen (secondary N) is 2. The van der Waals surface area contributed by atoms with Crippen LogP contribution >= 0.6 is 0 Å². The zero-order chi connectivity index (χ0) is 21.8. The number of amides is 2. The predicted molar refractivity (Wildman–Crippen MR) is 122 cm³/mol. The number of carbonyl (C=O) groups is 2. The van der Waals surface area contributed by atoms with E-state index in [0.29, 0.717) is 11.6 Å². The van der Waals surface area contributed by atoms with Crippen LogP contribution in [0.15, 0.2) is 36.4 Å². The van der Waals surface area contributed by atoms with Crippen molar-refractivity contribution in [2.24, 2.45) is 5.92 Å². The molecule has 0 aromatic heterocycles. The van der Waals surface area contributed by atoms with Crippen molar-refractivity contribution in [1.29, 1.82) is 0 Å². The van der Waals surface area contributed by atoms with Gasteiger partial charge in [0.05, 0.1) is 0 Å². The Bertz CT molecular complexity index is 929. The zero-order valence-electron chi connectivity index (χ0n) is 18.5. The highest BCUT2D eigenvalue weighted by Gasteiger charge is 2.24. The number of imide groups is 1. The van der Waals surface area contributed by atoms with Crippen LogP contribution in [0.3, 0.4) is 0 Å². The van der Waals surface area contributed by atoms with E-state index < -0.39 is 0 Å². The third kappa shape index (κ3) is 5.43. The molecule has 6 nitrogen and oxygen atoms in total. The molecule has 0 bridgehead atoms. The first-order valence-corrected chi connectivity index (χ1v) is 11.5. The average molecular weight is 424 g/mol. The van der Waals surface area contributed by atoms with Crippen LogP contribution in [-0.4, -0.2) is 55.0 Å². The second-order valence-corrected chi connectivity index (χ2v) is 9.01. The van der Waals surface area contributed by atoms with Crippen molar-refractivity contribution in [2.75, 3.05) is 26.2 Å². The largest absolute Gasteiger partial charge is 0.490 e.